The third-order valence-electron chi connectivity index (χ3n) is 6.79. The Labute approximate surface area is 166 Å². The van der Waals surface area contributed by atoms with Gasteiger partial charge in [0.2, 0.25) is 0 Å². The van der Waals surface area contributed by atoms with Crippen LogP contribution >= 0.6 is 0 Å². The third-order valence-corrected chi connectivity index (χ3v) is 6.79. The summed E-state index contributed by atoms with van der Waals surface area (Å²) in [6, 6.07) is 17.2. The molecule has 146 valence electrons. The monoisotopic (exact) mass is 377 g/mol. The van der Waals surface area contributed by atoms with Crippen LogP contribution in [-0.2, 0) is 4.74 Å². The highest BCUT2D eigenvalue weighted by atomic mass is 16.6. The van der Waals surface area contributed by atoms with E-state index < -0.39 is 0 Å². The summed E-state index contributed by atoms with van der Waals surface area (Å²) in [7, 11) is 0. The van der Waals surface area contributed by atoms with Crippen molar-refractivity contribution in [1.82, 2.24) is 4.90 Å². The molecule has 0 radical (unpaired) electrons. The highest BCUT2D eigenvalue weighted by Gasteiger charge is 2.39. The van der Waals surface area contributed by atoms with E-state index in [-0.39, 0.29) is 30.2 Å². The number of nitrogens with zero attached hydrogens (tertiary/aromatic N) is 1. The third kappa shape index (κ3) is 3.00. The predicted octanol–water partition coefficient (Wildman–Crippen LogP) is 4.70. The molecule has 2 heterocycles. The van der Waals surface area contributed by atoms with Gasteiger partial charge in [0, 0.05) is 18.0 Å². The van der Waals surface area contributed by atoms with E-state index >= 15 is 0 Å². The smallest absolute Gasteiger partial charge is 0.410 e. The molecule has 0 spiro atoms. The number of piperidine rings is 1. The summed E-state index contributed by atoms with van der Waals surface area (Å²) >= 11 is 0. The van der Waals surface area contributed by atoms with E-state index in [1.54, 1.807) is 0 Å². The SMILES string of the molecule is O=C(OCC1c2ccccc2-c2ccccc21)N1C2CCCC1CC(O)CC2. The van der Waals surface area contributed by atoms with Crippen molar-refractivity contribution in [2.45, 2.75) is 62.6 Å². The molecule has 2 aromatic carbocycles. The number of carbonyl (C=O) groups is 1. The molecule has 1 N–H and O–H groups in total. The number of ether oxygens (including phenoxy) is 1. The lowest BCUT2D eigenvalue weighted by atomic mass is 9.95. The summed E-state index contributed by atoms with van der Waals surface area (Å²) in [6.07, 6.45) is 4.97. The Balaban J connectivity index is 1.36. The van der Waals surface area contributed by atoms with E-state index in [4.69, 9.17) is 4.74 Å². The van der Waals surface area contributed by atoms with Crippen LogP contribution in [0.1, 0.15) is 55.6 Å². The number of hydrogen-bond acceptors (Lipinski definition) is 3. The van der Waals surface area contributed by atoms with Crippen LogP contribution in [0.25, 0.3) is 11.1 Å². The van der Waals surface area contributed by atoms with E-state index in [2.05, 4.69) is 48.5 Å². The van der Waals surface area contributed by atoms with Gasteiger partial charge in [-0.1, -0.05) is 48.5 Å². The maximum Gasteiger partial charge on any atom is 0.410 e. The quantitative estimate of drug-likeness (QED) is 0.825. The number of hydrogen-bond donors (Lipinski definition) is 1. The predicted molar refractivity (Wildman–Crippen MR) is 108 cm³/mol. The number of carbonyl (C=O) groups excluding carboxylic acids is 1. The number of aliphatic hydroxyl groups is 1. The van der Waals surface area contributed by atoms with Gasteiger partial charge in [-0.2, -0.15) is 0 Å². The van der Waals surface area contributed by atoms with Crippen LogP contribution in [0.15, 0.2) is 48.5 Å². The lowest BCUT2D eigenvalue weighted by molar-refractivity contribution is 0.0413. The van der Waals surface area contributed by atoms with Crippen LogP contribution in [0, 0.1) is 0 Å². The first-order valence-electron chi connectivity index (χ1n) is 10.5. The second kappa shape index (κ2) is 7.25. The first-order chi connectivity index (χ1) is 13.7. The number of amides is 1. The van der Waals surface area contributed by atoms with Crippen molar-refractivity contribution in [1.29, 1.82) is 0 Å². The summed E-state index contributed by atoms with van der Waals surface area (Å²) in [4.78, 5) is 15.0. The molecule has 4 nitrogen and oxygen atoms in total. The molecule has 3 unspecified atom stereocenters. The lowest BCUT2D eigenvalue weighted by Gasteiger charge is -2.40. The van der Waals surface area contributed by atoms with E-state index in [1.165, 1.54) is 22.3 Å². The van der Waals surface area contributed by atoms with Crippen molar-refractivity contribution >= 4 is 6.09 Å². The summed E-state index contributed by atoms with van der Waals surface area (Å²) in [5.41, 5.74) is 4.97. The molecule has 5 rings (SSSR count). The average molecular weight is 377 g/mol. The van der Waals surface area contributed by atoms with Crippen LogP contribution in [-0.4, -0.2) is 40.9 Å². The van der Waals surface area contributed by atoms with Gasteiger partial charge in [0.05, 0.1) is 6.10 Å². The molecule has 28 heavy (non-hydrogen) atoms. The van der Waals surface area contributed by atoms with E-state index in [0.717, 1.165) is 32.1 Å². The molecule has 2 bridgehead atoms. The Hall–Kier alpha value is -2.33. The highest BCUT2D eigenvalue weighted by Crippen LogP contribution is 2.44. The second-order valence-electron chi connectivity index (χ2n) is 8.42. The molecular weight excluding hydrogens is 350 g/mol. The van der Waals surface area contributed by atoms with Crippen molar-refractivity contribution in [3.8, 4) is 11.1 Å². The van der Waals surface area contributed by atoms with Crippen molar-refractivity contribution in [3.05, 3.63) is 59.7 Å². The van der Waals surface area contributed by atoms with Gasteiger partial charge in [-0.25, -0.2) is 4.79 Å². The number of rotatable bonds is 2. The second-order valence-corrected chi connectivity index (χ2v) is 8.42. The minimum atomic E-state index is -0.294. The number of benzene rings is 2. The zero-order chi connectivity index (χ0) is 19.1. The Kier molecular flexibility index (Phi) is 4.59. The van der Waals surface area contributed by atoms with Crippen molar-refractivity contribution in [3.63, 3.8) is 0 Å². The van der Waals surface area contributed by atoms with Gasteiger partial charge in [-0.3, -0.25) is 0 Å². The molecule has 1 aliphatic carbocycles. The fourth-order valence-corrected chi connectivity index (χ4v) is 5.46. The first-order valence-corrected chi connectivity index (χ1v) is 10.5. The van der Waals surface area contributed by atoms with Gasteiger partial charge in [0.25, 0.3) is 0 Å². The van der Waals surface area contributed by atoms with Gasteiger partial charge < -0.3 is 14.7 Å². The molecule has 3 atom stereocenters. The van der Waals surface area contributed by atoms with E-state index in [0.29, 0.717) is 13.0 Å². The molecule has 3 aliphatic rings. The van der Waals surface area contributed by atoms with Crippen molar-refractivity contribution in [2.24, 2.45) is 0 Å². The van der Waals surface area contributed by atoms with Gasteiger partial charge in [-0.05, 0) is 60.8 Å². The molecule has 0 saturated carbocycles. The van der Waals surface area contributed by atoms with E-state index in [1.807, 2.05) is 4.90 Å². The number of aliphatic hydroxyl groups excluding tert-OH is 1. The summed E-state index contributed by atoms with van der Waals surface area (Å²) in [5.74, 6) is 0.0914. The summed E-state index contributed by atoms with van der Waals surface area (Å²) in [6.45, 7) is 0.366. The summed E-state index contributed by atoms with van der Waals surface area (Å²) in [5, 5.41) is 10.2. The Morgan fingerprint density at radius 3 is 2.29 bits per heavy atom. The lowest BCUT2D eigenvalue weighted by Crippen LogP contribution is -2.49. The molecule has 0 aromatic heterocycles. The van der Waals surface area contributed by atoms with Gasteiger partial charge in [-0.15, -0.1) is 0 Å². The molecule has 2 saturated heterocycles. The van der Waals surface area contributed by atoms with Gasteiger partial charge >= 0.3 is 6.09 Å². The minimum Gasteiger partial charge on any atom is -0.448 e. The first kappa shape index (κ1) is 17.7. The van der Waals surface area contributed by atoms with Crippen LogP contribution in [0.4, 0.5) is 4.79 Å². The fourth-order valence-electron chi connectivity index (χ4n) is 5.46. The van der Waals surface area contributed by atoms with Crippen LogP contribution in [0.5, 0.6) is 0 Å². The van der Waals surface area contributed by atoms with E-state index in [9.17, 15) is 9.90 Å². The van der Waals surface area contributed by atoms with Gasteiger partial charge in [0.15, 0.2) is 0 Å². The van der Waals surface area contributed by atoms with Crippen molar-refractivity contribution < 1.29 is 14.6 Å². The van der Waals surface area contributed by atoms with Crippen LogP contribution < -0.4 is 0 Å². The zero-order valence-corrected chi connectivity index (χ0v) is 16.1. The Bertz CT molecular complexity index is 834. The molecule has 2 aromatic rings. The Morgan fingerprint density at radius 2 is 1.57 bits per heavy atom. The average Bonchev–Trinajstić information content (AvgIpc) is 2.99. The zero-order valence-electron chi connectivity index (χ0n) is 16.1. The Morgan fingerprint density at radius 1 is 0.929 bits per heavy atom. The number of fused-ring (bicyclic) bond motifs is 5. The maximum absolute atomic E-state index is 13.1. The minimum absolute atomic E-state index is 0.0914. The normalized spacial score (nSPS) is 26.3. The molecular formula is C24H27NO3. The summed E-state index contributed by atoms with van der Waals surface area (Å²) < 4.78 is 5.91. The van der Waals surface area contributed by atoms with Crippen molar-refractivity contribution in [2.75, 3.05) is 6.61 Å². The fraction of sp³-hybridized carbons (Fsp3) is 0.458. The topological polar surface area (TPSA) is 49.8 Å². The largest absolute Gasteiger partial charge is 0.448 e. The highest BCUT2D eigenvalue weighted by molar-refractivity contribution is 5.79. The molecule has 1 amide bonds. The molecule has 2 fully saturated rings. The maximum atomic E-state index is 13.1. The van der Waals surface area contributed by atoms with Crippen LogP contribution in [0.2, 0.25) is 0 Å². The molecule has 4 heteroatoms. The van der Waals surface area contributed by atoms with Crippen LogP contribution in [0.3, 0.4) is 0 Å². The standard InChI is InChI=1S/C24H27NO3/c26-18-13-12-16-6-5-7-17(14-18)25(16)24(27)28-15-23-21-10-3-1-8-19(21)20-9-2-4-11-22(20)23/h1-4,8-11,16-18,23,26H,5-7,12-15H2. The van der Waals surface area contributed by atoms with Gasteiger partial charge in [0.1, 0.15) is 6.61 Å². The molecule has 2 aliphatic heterocycles.